The van der Waals surface area contributed by atoms with E-state index in [0.29, 0.717) is 0 Å². The highest BCUT2D eigenvalue weighted by molar-refractivity contribution is 6.06. The summed E-state index contributed by atoms with van der Waals surface area (Å²) in [6.07, 6.45) is 0. The van der Waals surface area contributed by atoms with E-state index in [0.717, 1.165) is 27.9 Å². The molecule has 0 radical (unpaired) electrons. The Labute approximate surface area is 95.4 Å². The highest BCUT2D eigenvalue weighted by atomic mass is 16.5. The second-order valence-electron chi connectivity index (χ2n) is 3.54. The van der Waals surface area contributed by atoms with Gasteiger partial charge in [0.2, 0.25) is 0 Å². The Kier molecular flexibility index (Phi) is 2.86. The number of benzene rings is 2. The van der Waals surface area contributed by atoms with Gasteiger partial charge in [0.1, 0.15) is 5.75 Å². The summed E-state index contributed by atoms with van der Waals surface area (Å²) in [7, 11) is 5.54. The maximum absolute atomic E-state index is 5.37. The fourth-order valence-electron chi connectivity index (χ4n) is 1.97. The van der Waals surface area contributed by atoms with E-state index >= 15 is 0 Å². The molecule has 0 aromatic heterocycles. The second-order valence-corrected chi connectivity index (χ2v) is 3.54. The van der Waals surface area contributed by atoms with Crippen molar-refractivity contribution in [1.82, 2.24) is 0 Å². The van der Waals surface area contributed by atoms with Crippen molar-refractivity contribution in [3.63, 3.8) is 0 Å². The Balaban J connectivity index is 2.84. The van der Waals surface area contributed by atoms with Crippen molar-refractivity contribution in [1.29, 1.82) is 0 Å². The van der Waals surface area contributed by atoms with E-state index in [-0.39, 0.29) is 0 Å². The van der Waals surface area contributed by atoms with Crippen LogP contribution in [-0.2, 0) is 0 Å². The fraction of sp³-hybridized carbons (Fsp3) is 0.231. The molecule has 2 aromatic rings. The first-order valence-corrected chi connectivity index (χ1v) is 5.27. The summed E-state index contributed by atoms with van der Waals surface area (Å²) < 4.78 is 5.37. The predicted octanol–water partition coefficient (Wildman–Crippen LogP) is 2.93. The Morgan fingerprint density at radius 2 is 1.62 bits per heavy atom. The zero-order valence-corrected chi connectivity index (χ0v) is 9.79. The fourth-order valence-corrected chi connectivity index (χ4v) is 1.97. The molecule has 3 heteroatoms. The Morgan fingerprint density at radius 3 is 2.25 bits per heavy atom. The predicted molar refractivity (Wildman–Crippen MR) is 69.6 cm³/mol. The Morgan fingerprint density at radius 1 is 0.938 bits per heavy atom. The lowest BCUT2D eigenvalue weighted by Crippen LogP contribution is -1.96. The zero-order chi connectivity index (χ0) is 11.5. The van der Waals surface area contributed by atoms with Gasteiger partial charge >= 0.3 is 0 Å². The molecule has 0 aliphatic rings. The van der Waals surface area contributed by atoms with Crippen LogP contribution in [0.5, 0.6) is 5.75 Å². The lowest BCUT2D eigenvalue weighted by Gasteiger charge is -2.13. The van der Waals surface area contributed by atoms with E-state index in [4.69, 9.17) is 4.74 Å². The smallest absolute Gasteiger partial charge is 0.126 e. The standard InChI is InChI=1S/C13H16N2O/c1-14-10-6-4-5-9-12(16-3)8-7-11(15-2)13(9)10/h4-8,14-15H,1-3H3. The number of methoxy groups -OCH3 is 1. The summed E-state index contributed by atoms with van der Waals surface area (Å²) in [5, 5.41) is 8.67. The molecule has 2 aromatic carbocycles. The summed E-state index contributed by atoms with van der Waals surface area (Å²) >= 11 is 0. The van der Waals surface area contributed by atoms with Crippen molar-refractivity contribution in [2.24, 2.45) is 0 Å². The van der Waals surface area contributed by atoms with Gasteiger partial charge in [0.15, 0.2) is 0 Å². The number of hydrogen-bond acceptors (Lipinski definition) is 3. The highest BCUT2D eigenvalue weighted by Crippen LogP contribution is 2.36. The first-order chi connectivity index (χ1) is 7.81. The van der Waals surface area contributed by atoms with E-state index in [1.165, 1.54) is 0 Å². The number of fused-ring (bicyclic) bond motifs is 1. The van der Waals surface area contributed by atoms with Gasteiger partial charge in [0, 0.05) is 36.2 Å². The van der Waals surface area contributed by atoms with Crippen LogP contribution in [0.2, 0.25) is 0 Å². The SMILES string of the molecule is CNc1cccc2c(OC)ccc(NC)c12. The summed E-state index contributed by atoms with van der Waals surface area (Å²) in [5.74, 6) is 0.895. The van der Waals surface area contributed by atoms with E-state index in [1.807, 2.05) is 32.3 Å². The summed E-state index contributed by atoms with van der Waals surface area (Å²) in [6.45, 7) is 0. The largest absolute Gasteiger partial charge is 0.496 e. The molecular weight excluding hydrogens is 200 g/mol. The minimum Gasteiger partial charge on any atom is -0.496 e. The molecule has 0 saturated heterocycles. The number of rotatable bonds is 3. The molecule has 0 aliphatic heterocycles. The average Bonchev–Trinajstić information content (AvgIpc) is 2.36. The molecule has 16 heavy (non-hydrogen) atoms. The second kappa shape index (κ2) is 4.31. The molecule has 0 amide bonds. The van der Waals surface area contributed by atoms with E-state index < -0.39 is 0 Å². The summed E-state index contributed by atoms with van der Waals surface area (Å²) in [6, 6.07) is 10.2. The van der Waals surface area contributed by atoms with Gasteiger partial charge in [-0.3, -0.25) is 0 Å². The average molecular weight is 216 g/mol. The third-order valence-corrected chi connectivity index (χ3v) is 2.76. The molecular formula is C13H16N2O. The number of hydrogen-bond donors (Lipinski definition) is 2. The Bertz CT molecular complexity index is 498. The zero-order valence-electron chi connectivity index (χ0n) is 9.79. The number of nitrogens with one attached hydrogen (secondary N) is 2. The molecule has 0 fully saturated rings. The molecule has 0 atom stereocenters. The first-order valence-electron chi connectivity index (χ1n) is 5.27. The van der Waals surface area contributed by atoms with Crippen molar-refractivity contribution in [3.05, 3.63) is 30.3 Å². The quantitative estimate of drug-likeness (QED) is 0.827. The van der Waals surface area contributed by atoms with Crippen LogP contribution in [0.1, 0.15) is 0 Å². The van der Waals surface area contributed by atoms with Crippen molar-refractivity contribution in [2.75, 3.05) is 31.8 Å². The third kappa shape index (κ3) is 1.54. The number of anilines is 2. The van der Waals surface area contributed by atoms with Crippen LogP contribution in [-0.4, -0.2) is 21.2 Å². The summed E-state index contributed by atoms with van der Waals surface area (Å²) in [4.78, 5) is 0. The van der Waals surface area contributed by atoms with E-state index in [9.17, 15) is 0 Å². The van der Waals surface area contributed by atoms with Gasteiger partial charge in [-0.1, -0.05) is 12.1 Å². The highest BCUT2D eigenvalue weighted by Gasteiger charge is 2.08. The minimum atomic E-state index is 0.895. The lowest BCUT2D eigenvalue weighted by molar-refractivity contribution is 0.420. The molecule has 0 heterocycles. The maximum Gasteiger partial charge on any atom is 0.126 e. The van der Waals surface area contributed by atoms with Crippen molar-refractivity contribution in [2.45, 2.75) is 0 Å². The van der Waals surface area contributed by atoms with Gasteiger partial charge in [0.05, 0.1) is 7.11 Å². The molecule has 3 nitrogen and oxygen atoms in total. The van der Waals surface area contributed by atoms with Crippen molar-refractivity contribution in [3.8, 4) is 5.75 Å². The van der Waals surface area contributed by atoms with Crippen LogP contribution < -0.4 is 15.4 Å². The van der Waals surface area contributed by atoms with E-state index in [2.05, 4.69) is 22.8 Å². The van der Waals surface area contributed by atoms with Crippen LogP contribution in [0.3, 0.4) is 0 Å². The third-order valence-electron chi connectivity index (χ3n) is 2.76. The molecule has 0 bridgehead atoms. The maximum atomic E-state index is 5.37. The number of ether oxygens (including phenoxy) is 1. The molecule has 0 saturated carbocycles. The van der Waals surface area contributed by atoms with Crippen LogP contribution in [0, 0.1) is 0 Å². The van der Waals surface area contributed by atoms with Gasteiger partial charge in [-0.2, -0.15) is 0 Å². The first kappa shape index (κ1) is 10.6. The van der Waals surface area contributed by atoms with Crippen LogP contribution in [0.15, 0.2) is 30.3 Å². The molecule has 0 unspecified atom stereocenters. The van der Waals surface area contributed by atoms with Gasteiger partial charge in [-0.05, 0) is 18.2 Å². The molecule has 84 valence electrons. The van der Waals surface area contributed by atoms with Gasteiger partial charge in [-0.25, -0.2) is 0 Å². The molecule has 2 rings (SSSR count). The monoisotopic (exact) mass is 216 g/mol. The topological polar surface area (TPSA) is 33.3 Å². The van der Waals surface area contributed by atoms with Gasteiger partial charge in [0.25, 0.3) is 0 Å². The van der Waals surface area contributed by atoms with Crippen LogP contribution in [0.25, 0.3) is 10.8 Å². The molecule has 2 N–H and O–H groups in total. The van der Waals surface area contributed by atoms with Crippen molar-refractivity contribution >= 4 is 22.1 Å². The van der Waals surface area contributed by atoms with E-state index in [1.54, 1.807) is 7.11 Å². The minimum absolute atomic E-state index is 0.895. The van der Waals surface area contributed by atoms with Gasteiger partial charge in [-0.15, -0.1) is 0 Å². The van der Waals surface area contributed by atoms with Crippen LogP contribution >= 0.6 is 0 Å². The lowest BCUT2D eigenvalue weighted by atomic mass is 10.1. The van der Waals surface area contributed by atoms with Gasteiger partial charge < -0.3 is 15.4 Å². The molecule has 0 spiro atoms. The van der Waals surface area contributed by atoms with Crippen LogP contribution in [0.4, 0.5) is 11.4 Å². The normalized spacial score (nSPS) is 10.2. The van der Waals surface area contributed by atoms with Crippen molar-refractivity contribution < 1.29 is 4.74 Å². The summed E-state index contributed by atoms with van der Waals surface area (Å²) in [5.41, 5.74) is 2.20. The molecule has 0 aliphatic carbocycles. The Hall–Kier alpha value is -1.90.